The number of carbonyl (C=O) groups is 3. The number of rotatable bonds is 9. The van der Waals surface area contributed by atoms with Gasteiger partial charge in [-0.1, -0.05) is 71.0 Å². The van der Waals surface area contributed by atoms with Crippen molar-refractivity contribution >= 4 is 17.8 Å². The van der Waals surface area contributed by atoms with Crippen molar-refractivity contribution in [1.29, 1.82) is 0 Å². The van der Waals surface area contributed by atoms with Gasteiger partial charge in [0.2, 0.25) is 11.8 Å². The Morgan fingerprint density at radius 2 is 1.58 bits per heavy atom. The number of hydrogen-bond donors (Lipinski definition) is 1. The first-order chi connectivity index (χ1) is 15.2. The Kier molecular flexibility index (Phi) is 13.3. The van der Waals surface area contributed by atoms with Crippen LogP contribution in [0.4, 0.5) is 0 Å². The molecule has 0 spiro atoms. The van der Waals surface area contributed by atoms with E-state index in [4.69, 9.17) is 4.74 Å². The Morgan fingerprint density at radius 1 is 1.06 bits per heavy atom. The zero-order valence-corrected chi connectivity index (χ0v) is 22.2. The fourth-order valence-electron chi connectivity index (χ4n) is 2.97. The van der Waals surface area contributed by atoms with Gasteiger partial charge >= 0.3 is 5.97 Å². The van der Waals surface area contributed by atoms with Crippen LogP contribution in [0.1, 0.15) is 67.9 Å². The maximum Gasteiger partial charge on any atom is 0.333 e. The molecular weight excluding hydrogens is 416 g/mol. The molecule has 1 N–H and O–H groups in total. The van der Waals surface area contributed by atoms with E-state index < -0.39 is 11.4 Å². The van der Waals surface area contributed by atoms with Gasteiger partial charge in [-0.05, 0) is 45.1 Å². The maximum absolute atomic E-state index is 12.7. The molecule has 2 amide bonds. The fraction of sp³-hybridized carbons (Fsp3) is 0.593. The quantitative estimate of drug-likeness (QED) is 0.427. The predicted octanol–water partition coefficient (Wildman–Crippen LogP) is 4.74. The molecule has 1 atom stereocenters. The molecule has 0 heterocycles. The van der Waals surface area contributed by atoms with E-state index >= 15 is 0 Å². The number of benzene rings is 1. The lowest BCUT2D eigenvalue weighted by molar-refractivity contribution is -0.138. The second kappa shape index (κ2) is 14.5. The van der Waals surface area contributed by atoms with Crippen LogP contribution in [0.2, 0.25) is 0 Å². The van der Waals surface area contributed by atoms with Crippen LogP contribution in [-0.2, 0) is 24.5 Å². The lowest BCUT2D eigenvalue weighted by atomic mass is 9.84. The van der Waals surface area contributed by atoms with E-state index in [1.54, 1.807) is 31.9 Å². The Balaban J connectivity index is 0.00000235. The van der Waals surface area contributed by atoms with Gasteiger partial charge in [0.15, 0.2) is 0 Å². The molecule has 1 aromatic carbocycles. The molecule has 33 heavy (non-hydrogen) atoms. The summed E-state index contributed by atoms with van der Waals surface area (Å²) in [6, 6.07) is 9.17. The van der Waals surface area contributed by atoms with Gasteiger partial charge < -0.3 is 15.0 Å². The highest BCUT2D eigenvalue weighted by molar-refractivity contribution is 5.91. The Bertz CT molecular complexity index is 780. The van der Waals surface area contributed by atoms with E-state index in [1.807, 2.05) is 58.0 Å². The molecule has 0 unspecified atom stereocenters. The van der Waals surface area contributed by atoms with Crippen molar-refractivity contribution in [3.05, 3.63) is 47.5 Å². The molecule has 0 aliphatic carbocycles. The van der Waals surface area contributed by atoms with Crippen LogP contribution in [0, 0.1) is 11.8 Å². The van der Waals surface area contributed by atoms with Crippen LogP contribution in [0.3, 0.4) is 0 Å². The standard InChI is InChI=1S/C23H34N2O4.C4H10/c1-8-29-21(27)17(4)14-19(16(2)3)25(7)20(26)15-24-22(28)23(5,6)18-12-10-9-11-13-18;1-4(2)3/h9-14,16,19H,8,15H2,1-7H3,(H,24,28);4H,1-3H3/b17-14+;/t19-;/m1./s1. The van der Waals surface area contributed by atoms with Crippen molar-refractivity contribution in [1.82, 2.24) is 10.2 Å². The molecule has 0 aliphatic heterocycles. The molecule has 6 nitrogen and oxygen atoms in total. The molecule has 186 valence electrons. The number of nitrogens with one attached hydrogen (secondary N) is 1. The Hall–Kier alpha value is -2.63. The number of ether oxygens (including phenoxy) is 1. The van der Waals surface area contributed by atoms with E-state index in [2.05, 4.69) is 26.1 Å². The smallest absolute Gasteiger partial charge is 0.333 e. The molecule has 0 saturated heterocycles. The second-order valence-corrected chi connectivity index (χ2v) is 9.72. The molecule has 1 aromatic rings. The molecule has 0 radical (unpaired) electrons. The summed E-state index contributed by atoms with van der Waals surface area (Å²) in [5.41, 5.74) is 0.587. The molecule has 0 fully saturated rings. The first-order valence-electron chi connectivity index (χ1n) is 11.7. The number of hydrogen-bond acceptors (Lipinski definition) is 4. The average Bonchev–Trinajstić information content (AvgIpc) is 2.74. The molecular formula is C27H44N2O4. The van der Waals surface area contributed by atoms with Crippen LogP contribution in [0.15, 0.2) is 42.0 Å². The maximum atomic E-state index is 12.7. The highest BCUT2D eigenvalue weighted by Gasteiger charge is 2.30. The van der Waals surface area contributed by atoms with Crippen molar-refractivity contribution in [2.24, 2.45) is 11.8 Å². The first kappa shape index (κ1) is 30.4. The van der Waals surface area contributed by atoms with Gasteiger partial charge in [-0.25, -0.2) is 4.79 Å². The van der Waals surface area contributed by atoms with Crippen LogP contribution in [0.5, 0.6) is 0 Å². The minimum atomic E-state index is -0.752. The molecule has 1 rings (SSSR count). The zero-order chi connectivity index (χ0) is 25.8. The summed E-state index contributed by atoms with van der Waals surface area (Å²) in [7, 11) is 1.68. The van der Waals surface area contributed by atoms with Crippen LogP contribution < -0.4 is 5.32 Å². The highest BCUT2D eigenvalue weighted by atomic mass is 16.5. The predicted molar refractivity (Wildman–Crippen MR) is 135 cm³/mol. The number of esters is 1. The summed E-state index contributed by atoms with van der Waals surface area (Å²) in [6.45, 7) is 17.7. The molecule has 0 saturated carbocycles. The average molecular weight is 461 g/mol. The molecule has 0 aromatic heterocycles. The van der Waals surface area contributed by atoms with Gasteiger partial charge in [-0.3, -0.25) is 9.59 Å². The van der Waals surface area contributed by atoms with Gasteiger partial charge in [0.1, 0.15) is 0 Å². The molecule has 0 aliphatic rings. The lowest BCUT2D eigenvalue weighted by Gasteiger charge is -2.30. The monoisotopic (exact) mass is 460 g/mol. The number of nitrogens with zero attached hydrogens (tertiary/aromatic N) is 1. The van der Waals surface area contributed by atoms with Crippen molar-refractivity contribution in [2.45, 2.75) is 73.8 Å². The highest BCUT2D eigenvalue weighted by Crippen LogP contribution is 2.23. The summed E-state index contributed by atoms with van der Waals surface area (Å²) in [4.78, 5) is 38.8. The van der Waals surface area contributed by atoms with Crippen molar-refractivity contribution in [3.63, 3.8) is 0 Å². The summed E-state index contributed by atoms with van der Waals surface area (Å²) < 4.78 is 5.02. The third-order valence-corrected chi connectivity index (χ3v) is 5.01. The van der Waals surface area contributed by atoms with Crippen LogP contribution in [-0.4, -0.2) is 48.9 Å². The summed E-state index contributed by atoms with van der Waals surface area (Å²) >= 11 is 0. The zero-order valence-electron chi connectivity index (χ0n) is 22.2. The second-order valence-electron chi connectivity index (χ2n) is 9.72. The van der Waals surface area contributed by atoms with Gasteiger partial charge in [0.25, 0.3) is 0 Å². The summed E-state index contributed by atoms with van der Waals surface area (Å²) in [6.07, 6.45) is 1.75. The normalized spacial score (nSPS) is 12.5. The molecule has 0 bridgehead atoms. The van der Waals surface area contributed by atoms with Crippen molar-refractivity contribution in [3.8, 4) is 0 Å². The lowest BCUT2D eigenvalue weighted by Crippen LogP contribution is -2.48. The van der Waals surface area contributed by atoms with E-state index in [1.165, 1.54) is 0 Å². The molecule has 6 heteroatoms. The Morgan fingerprint density at radius 3 is 2.03 bits per heavy atom. The van der Waals surface area contributed by atoms with Crippen LogP contribution >= 0.6 is 0 Å². The van der Waals surface area contributed by atoms with Gasteiger partial charge in [0.05, 0.1) is 24.6 Å². The van der Waals surface area contributed by atoms with E-state index in [0.29, 0.717) is 12.2 Å². The van der Waals surface area contributed by atoms with E-state index in [0.717, 1.165) is 11.5 Å². The minimum Gasteiger partial charge on any atom is -0.463 e. The van der Waals surface area contributed by atoms with Crippen LogP contribution in [0.25, 0.3) is 0 Å². The number of amides is 2. The van der Waals surface area contributed by atoms with E-state index in [9.17, 15) is 14.4 Å². The van der Waals surface area contributed by atoms with Gasteiger partial charge in [-0.15, -0.1) is 0 Å². The fourth-order valence-corrected chi connectivity index (χ4v) is 2.97. The van der Waals surface area contributed by atoms with E-state index in [-0.39, 0.29) is 30.3 Å². The van der Waals surface area contributed by atoms with Gasteiger partial charge in [0, 0.05) is 12.6 Å². The third kappa shape index (κ3) is 10.7. The Labute approximate surface area is 200 Å². The SMILES string of the molecule is CC(C)C.CCOC(=O)/C(C)=C/[C@H](C(C)C)N(C)C(=O)CNC(=O)C(C)(C)c1ccccc1. The minimum absolute atomic E-state index is 0.0878. The summed E-state index contributed by atoms with van der Waals surface area (Å²) in [5, 5.41) is 2.75. The largest absolute Gasteiger partial charge is 0.463 e. The van der Waals surface area contributed by atoms with Crippen molar-refractivity contribution < 1.29 is 19.1 Å². The van der Waals surface area contributed by atoms with Crippen molar-refractivity contribution in [2.75, 3.05) is 20.2 Å². The number of carbonyl (C=O) groups excluding carboxylic acids is 3. The summed E-state index contributed by atoms with van der Waals surface area (Å²) in [5.74, 6) is 0.0836. The topological polar surface area (TPSA) is 75.7 Å². The van der Waals surface area contributed by atoms with Gasteiger partial charge in [-0.2, -0.15) is 0 Å². The third-order valence-electron chi connectivity index (χ3n) is 5.01. The first-order valence-corrected chi connectivity index (χ1v) is 11.7. The number of likely N-dealkylation sites (N-methyl/N-ethyl adjacent to an activating group) is 1.